The summed E-state index contributed by atoms with van der Waals surface area (Å²) in [5.74, 6) is -0.670. The molecule has 0 spiro atoms. The molecule has 0 heterocycles. The van der Waals surface area contributed by atoms with E-state index in [2.05, 4.69) is 6.92 Å². The van der Waals surface area contributed by atoms with Crippen molar-refractivity contribution in [3.05, 3.63) is 5.21 Å². The van der Waals surface area contributed by atoms with Crippen LogP contribution in [0, 0.1) is 5.21 Å². The van der Waals surface area contributed by atoms with E-state index in [1.807, 2.05) is 6.92 Å². The zero-order valence-electron chi connectivity index (χ0n) is 12.3. The first-order valence-corrected chi connectivity index (χ1v) is 6.77. The van der Waals surface area contributed by atoms with Crippen LogP contribution in [0.3, 0.4) is 0 Å². The van der Waals surface area contributed by atoms with Gasteiger partial charge in [-0.3, -0.25) is 10.5 Å². The minimum atomic E-state index is -0.670. The van der Waals surface area contributed by atoms with Crippen LogP contribution in [-0.2, 0) is 4.79 Å². The van der Waals surface area contributed by atoms with E-state index in [0.29, 0.717) is 6.42 Å². The van der Waals surface area contributed by atoms with Crippen LogP contribution in [0.1, 0.15) is 58.8 Å². The maximum absolute atomic E-state index is 10.8. The number of carboxylic acids is 1. The Hall–Kier alpha value is -0.650. The molecule has 0 bridgehead atoms. The minimum Gasteiger partial charge on any atom is -0.632 e. The molecule has 0 saturated heterocycles. The second kappa shape index (κ2) is 11.4. The number of nitrogens with two attached hydrogens (primary N) is 1. The summed E-state index contributed by atoms with van der Waals surface area (Å²) in [6.07, 6.45) is 6.35. The van der Waals surface area contributed by atoms with Gasteiger partial charge in [-0.25, -0.2) is 0 Å². The van der Waals surface area contributed by atoms with E-state index in [0.717, 1.165) is 19.3 Å². The lowest BCUT2D eigenvalue weighted by molar-refractivity contribution is -0.866. The normalized spacial score (nSPS) is 12.6. The average molecular weight is 262 g/mol. The fourth-order valence-corrected chi connectivity index (χ4v) is 1.32. The van der Waals surface area contributed by atoms with E-state index in [1.54, 1.807) is 14.1 Å². The van der Waals surface area contributed by atoms with Gasteiger partial charge in [0.05, 0.1) is 14.1 Å². The van der Waals surface area contributed by atoms with E-state index >= 15 is 0 Å². The third-order valence-electron chi connectivity index (χ3n) is 2.71. The Morgan fingerprint density at radius 1 is 1.22 bits per heavy atom. The largest absolute Gasteiger partial charge is 0.632 e. The highest BCUT2D eigenvalue weighted by atomic mass is 16.5. The highest BCUT2D eigenvalue weighted by molar-refractivity contribution is 5.66. The van der Waals surface area contributed by atoms with Gasteiger partial charge in [-0.05, 0) is 6.42 Å². The van der Waals surface area contributed by atoms with Crippen LogP contribution < -0.4 is 5.73 Å². The van der Waals surface area contributed by atoms with E-state index in [-0.39, 0.29) is 6.17 Å². The molecule has 5 nitrogen and oxygen atoms in total. The lowest BCUT2D eigenvalue weighted by atomic mass is 10.1. The van der Waals surface area contributed by atoms with Crippen LogP contribution in [0.25, 0.3) is 0 Å². The Bertz CT molecular complexity index is 203. The molecule has 0 aromatic carbocycles. The molecule has 0 saturated carbocycles. The molecule has 0 aliphatic carbocycles. The molecule has 0 rings (SSSR count). The fourth-order valence-electron chi connectivity index (χ4n) is 1.32. The lowest BCUT2D eigenvalue weighted by Crippen LogP contribution is -2.48. The monoisotopic (exact) mass is 262 g/mol. The summed E-state index contributed by atoms with van der Waals surface area (Å²) >= 11 is 0. The number of nitrogens with zero attached hydrogens (tertiary/aromatic N) is 1. The van der Waals surface area contributed by atoms with Crippen LogP contribution in [0.5, 0.6) is 0 Å². The van der Waals surface area contributed by atoms with Crippen molar-refractivity contribution in [1.29, 1.82) is 0 Å². The first-order valence-electron chi connectivity index (χ1n) is 6.77. The fraction of sp³-hybridized carbons (Fsp3) is 0.923. The van der Waals surface area contributed by atoms with Gasteiger partial charge in [0, 0.05) is 12.8 Å². The first-order chi connectivity index (χ1) is 8.25. The van der Waals surface area contributed by atoms with Crippen molar-refractivity contribution in [3.63, 3.8) is 0 Å². The van der Waals surface area contributed by atoms with Crippen LogP contribution in [0.4, 0.5) is 0 Å². The van der Waals surface area contributed by atoms with Gasteiger partial charge in [-0.15, -0.1) is 0 Å². The Morgan fingerprint density at radius 3 is 2.00 bits per heavy atom. The highest BCUT2D eigenvalue weighted by Gasteiger charge is 2.10. The second-order valence-electron chi connectivity index (χ2n) is 4.97. The van der Waals surface area contributed by atoms with Crippen molar-refractivity contribution >= 4 is 5.97 Å². The molecule has 5 heteroatoms. The summed E-state index contributed by atoms with van der Waals surface area (Å²) < 4.78 is -0.392. The average Bonchev–Trinajstić information content (AvgIpc) is 2.27. The molecule has 0 aliphatic rings. The van der Waals surface area contributed by atoms with Crippen LogP contribution in [-0.4, -0.2) is 36.0 Å². The molecular formula is C13H30N2O3. The van der Waals surface area contributed by atoms with Crippen molar-refractivity contribution in [3.8, 4) is 0 Å². The third kappa shape index (κ3) is 15.4. The van der Waals surface area contributed by atoms with Crippen molar-refractivity contribution in [2.75, 3.05) is 14.1 Å². The molecule has 1 atom stereocenters. The van der Waals surface area contributed by atoms with Gasteiger partial charge in [0.1, 0.15) is 6.17 Å². The number of hydrogen-bond donors (Lipinski definition) is 2. The molecule has 0 aromatic rings. The third-order valence-corrected chi connectivity index (χ3v) is 2.71. The first kappa shape index (κ1) is 19.7. The minimum absolute atomic E-state index is 0.269. The molecule has 1 unspecified atom stereocenters. The van der Waals surface area contributed by atoms with Gasteiger partial charge in [-0.2, -0.15) is 0 Å². The van der Waals surface area contributed by atoms with Gasteiger partial charge in [-0.1, -0.05) is 39.5 Å². The predicted molar refractivity (Wildman–Crippen MR) is 74.8 cm³/mol. The summed E-state index contributed by atoms with van der Waals surface area (Å²) in [5.41, 5.74) is 5.41. The number of rotatable bonds is 8. The predicted octanol–water partition coefficient (Wildman–Crippen LogP) is 2.69. The Morgan fingerprint density at radius 2 is 1.72 bits per heavy atom. The second-order valence-corrected chi connectivity index (χ2v) is 4.97. The van der Waals surface area contributed by atoms with Crippen molar-refractivity contribution in [2.24, 2.45) is 5.73 Å². The molecule has 18 heavy (non-hydrogen) atoms. The Balaban J connectivity index is 0. The number of quaternary nitrogens is 1. The molecule has 0 radical (unpaired) electrons. The molecule has 0 amide bonds. The van der Waals surface area contributed by atoms with E-state index in [4.69, 9.17) is 10.8 Å². The molecule has 3 N–H and O–H groups in total. The lowest BCUT2D eigenvalue weighted by Gasteiger charge is -2.38. The van der Waals surface area contributed by atoms with Crippen molar-refractivity contribution in [1.82, 2.24) is 0 Å². The van der Waals surface area contributed by atoms with E-state index < -0.39 is 10.6 Å². The SMILES string of the molecule is CCC(N)[N+](C)(C)[O-].CCCCCCCC(=O)O. The van der Waals surface area contributed by atoms with Gasteiger partial charge in [0.2, 0.25) is 0 Å². The zero-order valence-corrected chi connectivity index (χ0v) is 12.3. The number of unbranched alkanes of at least 4 members (excludes halogenated alkanes) is 4. The number of carboxylic acid groups (broad SMARTS) is 1. The maximum Gasteiger partial charge on any atom is 0.303 e. The highest BCUT2D eigenvalue weighted by Crippen LogP contribution is 2.04. The summed E-state index contributed by atoms with van der Waals surface area (Å²) in [5, 5.41) is 19.1. The molecule has 0 aliphatic heterocycles. The molecular weight excluding hydrogens is 232 g/mol. The van der Waals surface area contributed by atoms with Gasteiger partial charge < -0.3 is 15.0 Å². The van der Waals surface area contributed by atoms with Crippen molar-refractivity contribution < 1.29 is 14.5 Å². The molecule has 0 aromatic heterocycles. The van der Waals surface area contributed by atoms with Gasteiger partial charge >= 0.3 is 5.97 Å². The van der Waals surface area contributed by atoms with Crippen LogP contribution >= 0.6 is 0 Å². The summed E-state index contributed by atoms with van der Waals surface area (Å²) in [6, 6.07) is 0. The summed E-state index contributed by atoms with van der Waals surface area (Å²) in [4.78, 5) is 10.0. The molecule has 0 fully saturated rings. The standard InChI is InChI=1S/C8H16O2.C5H14N2O/c1-2-3-4-5-6-7-8(9)10;1-4-5(6)7(2,3)8/h2-7H2,1H3,(H,9,10);5H,4,6H2,1-3H3. The van der Waals surface area contributed by atoms with Gasteiger partial charge in [0.15, 0.2) is 0 Å². The molecule has 110 valence electrons. The van der Waals surface area contributed by atoms with Crippen molar-refractivity contribution in [2.45, 2.75) is 65.0 Å². The number of aliphatic carboxylic acids is 1. The zero-order chi connectivity index (χ0) is 14.6. The number of hydrogen-bond acceptors (Lipinski definition) is 3. The Kier molecular flexibility index (Phi) is 12.5. The van der Waals surface area contributed by atoms with E-state index in [9.17, 15) is 10.0 Å². The maximum atomic E-state index is 10.8. The van der Waals surface area contributed by atoms with E-state index in [1.165, 1.54) is 19.3 Å². The number of carbonyl (C=O) groups is 1. The van der Waals surface area contributed by atoms with Crippen LogP contribution in [0.15, 0.2) is 0 Å². The van der Waals surface area contributed by atoms with Crippen LogP contribution in [0.2, 0.25) is 0 Å². The topological polar surface area (TPSA) is 86.4 Å². The smallest absolute Gasteiger partial charge is 0.303 e. The number of hydroxylamine groups is 3. The summed E-state index contributed by atoms with van der Waals surface area (Å²) in [7, 11) is 3.10. The van der Waals surface area contributed by atoms with Gasteiger partial charge in [0.25, 0.3) is 0 Å². The quantitative estimate of drug-likeness (QED) is 0.305. The Labute approximate surface area is 111 Å². The summed E-state index contributed by atoms with van der Waals surface area (Å²) in [6.45, 7) is 4.06.